The highest BCUT2D eigenvalue weighted by atomic mass is 16.6. The first-order chi connectivity index (χ1) is 8.09. The Kier molecular flexibility index (Phi) is 3.02. The van der Waals surface area contributed by atoms with Crippen LogP contribution in [0.25, 0.3) is 0 Å². The molecule has 1 aromatic carbocycles. The van der Waals surface area contributed by atoms with E-state index in [9.17, 15) is 15.2 Å². The van der Waals surface area contributed by atoms with Crippen LogP contribution in [0, 0.1) is 10.1 Å². The Labute approximate surface area is 99.4 Å². The third kappa shape index (κ3) is 1.98. The first kappa shape index (κ1) is 11.9. The Morgan fingerprint density at radius 1 is 1.41 bits per heavy atom. The molecule has 0 aromatic heterocycles. The SMILES string of the molecule is NCC1(c2cc(O)ccc2[N+](=O)[O-])CCCC1. The molecule has 1 fully saturated rings. The Bertz CT molecular complexity index is 439. The average molecular weight is 236 g/mol. The van der Waals surface area contributed by atoms with Gasteiger partial charge in [0, 0.05) is 23.6 Å². The van der Waals surface area contributed by atoms with E-state index in [1.54, 1.807) is 0 Å². The van der Waals surface area contributed by atoms with Gasteiger partial charge in [-0.3, -0.25) is 10.1 Å². The van der Waals surface area contributed by atoms with Gasteiger partial charge in [-0.2, -0.15) is 0 Å². The highest BCUT2D eigenvalue weighted by Crippen LogP contribution is 2.44. The lowest BCUT2D eigenvalue weighted by molar-refractivity contribution is -0.386. The second kappa shape index (κ2) is 4.33. The van der Waals surface area contributed by atoms with Gasteiger partial charge in [0.25, 0.3) is 5.69 Å². The zero-order valence-corrected chi connectivity index (χ0v) is 9.56. The summed E-state index contributed by atoms with van der Waals surface area (Å²) in [5.74, 6) is 0.0605. The minimum absolute atomic E-state index is 0.0605. The number of rotatable bonds is 3. The molecule has 92 valence electrons. The van der Waals surface area contributed by atoms with Crippen LogP contribution in [0.2, 0.25) is 0 Å². The molecule has 1 aromatic rings. The number of nitro benzene ring substituents is 1. The zero-order valence-electron chi connectivity index (χ0n) is 9.56. The number of phenolic OH excluding ortho intramolecular Hbond substituents is 1. The van der Waals surface area contributed by atoms with E-state index in [2.05, 4.69) is 0 Å². The summed E-state index contributed by atoms with van der Waals surface area (Å²) in [7, 11) is 0. The van der Waals surface area contributed by atoms with Crippen LogP contribution in [-0.4, -0.2) is 16.6 Å². The number of hydrogen-bond donors (Lipinski definition) is 2. The summed E-state index contributed by atoms with van der Waals surface area (Å²) < 4.78 is 0. The van der Waals surface area contributed by atoms with Gasteiger partial charge < -0.3 is 10.8 Å². The van der Waals surface area contributed by atoms with Crippen molar-refractivity contribution in [2.45, 2.75) is 31.1 Å². The van der Waals surface area contributed by atoms with E-state index in [4.69, 9.17) is 5.73 Å². The molecular formula is C12H16N2O3. The van der Waals surface area contributed by atoms with E-state index in [1.165, 1.54) is 18.2 Å². The number of aromatic hydroxyl groups is 1. The monoisotopic (exact) mass is 236 g/mol. The standard InChI is InChI=1S/C12H16N2O3/c13-8-12(5-1-2-6-12)10-7-9(15)3-4-11(10)14(16)17/h3-4,7,15H,1-2,5-6,8,13H2. The summed E-state index contributed by atoms with van der Waals surface area (Å²) in [6, 6.07) is 4.21. The van der Waals surface area contributed by atoms with E-state index < -0.39 is 4.92 Å². The summed E-state index contributed by atoms with van der Waals surface area (Å²) in [5.41, 5.74) is 6.13. The van der Waals surface area contributed by atoms with E-state index in [0.29, 0.717) is 12.1 Å². The molecule has 5 nitrogen and oxygen atoms in total. The van der Waals surface area contributed by atoms with Gasteiger partial charge in [0.05, 0.1) is 4.92 Å². The van der Waals surface area contributed by atoms with Gasteiger partial charge in [-0.25, -0.2) is 0 Å². The highest BCUT2D eigenvalue weighted by molar-refractivity contribution is 5.50. The lowest BCUT2D eigenvalue weighted by Gasteiger charge is -2.27. The molecule has 0 unspecified atom stereocenters. The van der Waals surface area contributed by atoms with Crippen LogP contribution < -0.4 is 5.73 Å². The lowest BCUT2D eigenvalue weighted by atomic mass is 9.78. The molecule has 0 bridgehead atoms. The van der Waals surface area contributed by atoms with Crippen molar-refractivity contribution < 1.29 is 10.0 Å². The second-order valence-electron chi connectivity index (χ2n) is 4.65. The summed E-state index contributed by atoms with van der Waals surface area (Å²) >= 11 is 0. The largest absolute Gasteiger partial charge is 0.508 e. The number of nitrogens with zero attached hydrogens (tertiary/aromatic N) is 1. The number of nitro groups is 1. The summed E-state index contributed by atoms with van der Waals surface area (Å²) in [4.78, 5) is 10.6. The molecule has 1 aliphatic carbocycles. The van der Waals surface area contributed by atoms with Crippen LogP contribution in [0.1, 0.15) is 31.2 Å². The molecule has 0 radical (unpaired) electrons. The van der Waals surface area contributed by atoms with E-state index >= 15 is 0 Å². The van der Waals surface area contributed by atoms with Crippen LogP contribution >= 0.6 is 0 Å². The fourth-order valence-corrected chi connectivity index (χ4v) is 2.74. The van der Waals surface area contributed by atoms with Crippen LogP contribution in [0.5, 0.6) is 5.75 Å². The van der Waals surface area contributed by atoms with Crippen molar-refractivity contribution in [1.29, 1.82) is 0 Å². The number of hydrogen-bond acceptors (Lipinski definition) is 4. The molecule has 0 spiro atoms. The molecule has 0 atom stereocenters. The van der Waals surface area contributed by atoms with Crippen LogP contribution in [0.4, 0.5) is 5.69 Å². The molecular weight excluding hydrogens is 220 g/mol. The van der Waals surface area contributed by atoms with Crippen molar-refractivity contribution in [3.05, 3.63) is 33.9 Å². The Morgan fingerprint density at radius 2 is 2.06 bits per heavy atom. The molecule has 3 N–H and O–H groups in total. The molecule has 0 aliphatic heterocycles. The fraction of sp³-hybridized carbons (Fsp3) is 0.500. The van der Waals surface area contributed by atoms with E-state index in [1.807, 2.05) is 0 Å². The van der Waals surface area contributed by atoms with Crippen molar-refractivity contribution in [3.63, 3.8) is 0 Å². The molecule has 1 aliphatic rings. The molecule has 2 rings (SSSR count). The van der Waals surface area contributed by atoms with E-state index in [-0.39, 0.29) is 16.9 Å². The second-order valence-corrected chi connectivity index (χ2v) is 4.65. The molecule has 5 heteroatoms. The summed E-state index contributed by atoms with van der Waals surface area (Å²) in [6.45, 7) is 0.386. The van der Waals surface area contributed by atoms with E-state index in [0.717, 1.165) is 25.7 Å². The third-order valence-electron chi connectivity index (χ3n) is 3.70. The molecule has 0 amide bonds. The molecule has 0 heterocycles. The van der Waals surface area contributed by atoms with Crippen LogP contribution in [-0.2, 0) is 5.41 Å². The highest BCUT2D eigenvalue weighted by Gasteiger charge is 2.39. The lowest BCUT2D eigenvalue weighted by Crippen LogP contribution is -2.32. The molecule has 1 saturated carbocycles. The number of benzene rings is 1. The maximum absolute atomic E-state index is 11.0. The number of phenols is 1. The Morgan fingerprint density at radius 3 is 2.59 bits per heavy atom. The predicted octanol–water partition coefficient (Wildman–Crippen LogP) is 2.07. The first-order valence-electron chi connectivity index (χ1n) is 5.77. The van der Waals surface area contributed by atoms with Gasteiger partial charge in [0.2, 0.25) is 0 Å². The van der Waals surface area contributed by atoms with Gasteiger partial charge in [0.1, 0.15) is 5.75 Å². The third-order valence-corrected chi connectivity index (χ3v) is 3.70. The number of nitrogens with two attached hydrogens (primary N) is 1. The topological polar surface area (TPSA) is 89.4 Å². The van der Waals surface area contributed by atoms with Crippen molar-refractivity contribution >= 4 is 5.69 Å². The van der Waals surface area contributed by atoms with Crippen molar-refractivity contribution in [2.24, 2.45) is 5.73 Å². The summed E-state index contributed by atoms with van der Waals surface area (Å²) in [5, 5.41) is 20.6. The van der Waals surface area contributed by atoms with Crippen molar-refractivity contribution in [2.75, 3.05) is 6.54 Å². The maximum atomic E-state index is 11.0. The minimum Gasteiger partial charge on any atom is -0.508 e. The van der Waals surface area contributed by atoms with Gasteiger partial charge >= 0.3 is 0 Å². The smallest absolute Gasteiger partial charge is 0.273 e. The van der Waals surface area contributed by atoms with Crippen LogP contribution in [0.15, 0.2) is 18.2 Å². The maximum Gasteiger partial charge on any atom is 0.273 e. The summed E-state index contributed by atoms with van der Waals surface area (Å²) in [6.07, 6.45) is 3.77. The average Bonchev–Trinajstić information content (AvgIpc) is 2.78. The van der Waals surface area contributed by atoms with Gasteiger partial charge in [0.15, 0.2) is 0 Å². The van der Waals surface area contributed by atoms with Crippen molar-refractivity contribution in [3.8, 4) is 5.75 Å². The minimum atomic E-state index is -0.398. The zero-order chi connectivity index (χ0) is 12.5. The van der Waals surface area contributed by atoms with Crippen LogP contribution in [0.3, 0.4) is 0 Å². The molecule has 17 heavy (non-hydrogen) atoms. The Hall–Kier alpha value is -1.62. The predicted molar refractivity (Wildman–Crippen MR) is 64.0 cm³/mol. The normalized spacial score (nSPS) is 18.2. The van der Waals surface area contributed by atoms with Crippen molar-refractivity contribution in [1.82, 2.24) is 0 Å². The quantitative estimate of drug-likeness (QED) is 0.621. The Balaban J connectivity index is 2.55. The van der Waals surface area contributed by atoms with Gasteiger partial charge in [-0.05, 0) is 25.0 Å². The fourth-order valence-electron chi connectivity index (χ4n) is 2.74. The molecule has 0 saturated heterocycles. The van der Waals surface area contributed by atoms with Gasteiger partial charge in [-0.15, -0.1) is 0 Å². The first-order valence-corrected chi connectivity index (χ1v) is 5.77. The van der Waals surface area contributed by atoms with Gasteiger partial charge in [-0.1, -0.05) is 12.8 Å².